The van der Waals surface area contributed by atoms with Crippen molar-refractivity contribution < 1.29 is 0 Å². The Morgan fingerprint density at radius 1 is 1.12 bits per heavy atom. The van der Waals surface area contributed by atoms with Crippen molar-refractivity contribution in [2.45, 2.75) is 26.3 Å². The summed E-state index contributed by atoms with van der Waals surface area (Å²) in [6.45, 7) is 6.62. The Balaban J connectivity index is 1.85. The molecule has 2 heteroatoms. The molecule has 0 bridgehead atoms. The third-order valence-corrected chi connectivity index (χ3v) is 3.21. The lowest BCUT2D eigenvalue weighted by Gasteiger charge is -2.26. The van der Waals surface area contributed by atoms with Gasteiger partial charge in [-0.1, -0.05) is 37.3 Å². The van der Waals surface area contributed by atoms with Crippen molar-refractivity contribution in [3.8, 4) is 0 Å². The minimum absolute atomic E-state index is 0.850. The van der Waals surface area contributed by atoms with Crippen LogP contribution < -0.4 is 0 Å². The molecular weight excluding hydrogens is 196 g/mol. The monoisotopic (exact) mass is 216 g/mol. The van der Waals surface area contributed by atoms with Crippen molar-refractivity contribution >= 4 is 5.71 Å². The fourth-order valence-corrected chi connectivity index (χ4v) is 2.07. The number of hydrogen-bond acceptors (Lipinski definition) is 2. The molecule has 1 aromatic rings. The average Bonchev–Trinajstić information content (AvgIpc) is 2.38. The van der Waals surface area contributed by atoms with Gasteiger partial charge in [0.1, 0.15) is 0 Å². The van der Waals surface area contributed by atoms with Gasteiger partial charge in [-0.3, -0.25) is 4.99 Å². The zero-order valence-corrected chi connectivity index (χ0v) is 10.0. The molecule has 0 N–H and O–H groups in total. The molecule has 86 valence electrons. The molecule has 0 aromatic heterocycles. The third kappa shape index (κ3) is 3.17. The molecule has 0 atom stereocenters. The Labute approximate surface area is 98.0 Å². The summed E-state index contributed by atoms with van der Waals surface area (Å²) in [5.41, 5.74) is 2.71. The lowest BCUT2D eigenvalue weighted by atomic mass is 10.1. The first-order valence-corrected chi connectivity index (χ1v) is 6.17. The van der Waals surface area contributed by atoms with Crippen molar-refractivity contribution in [1.82, 2.24) is 4.90 Å². The summed E-state index contributed by atoms with van der Waals surface area (Å²) in [5.74, 6) is 0. The number of rotatable bonds is 3. The summed E-state index contributed by atoms with van der Waals surface area (Å²) in [7, 11) is 0. The van der Waals surface area contributed by atoms with Crippen molar-refractivity contribution in [3.63, 3.8) is 0 Å². The van der Waals surface area contributed by atoms with Gasteiger partial charge < -0.3 is 4.90 Å². The van der Waals surface area contributed by atoms with Gasteiger partial charge in [0.25, 0.3) is 0 Å². The standard InChI is InChI=1S/C14H20N2/c1-2-16-10-8-14(9-11-16)15-12-13-6-4-3-5-7-13/h3-7H,2,8-12H2,1H3. The Hall–Kier alpha value is -1.15. The van der Waals surface area contributed by atoms with Gasteiger partial charge in [0, 0.05) is 18.8 Å². The molecule has 1 aromatic carbocycles. The largest absolute Gasteiger partial charge is 0.303 e. The smallest absolute Gasteiger partial charge is 0.0639 e. The molecule has 0 unspecified atom stereocenters. The fraction of sp³-hybridized carbons (Fsp3) is 0.500. The fourth-order valence-electron chi connectivity index (χ4n) is 2.07. The molecule has 2 rings (SSSR count). The average molecular weight is 216 g/mol. The molecule has 16 heavy (non-hydrogen) atoms. The maximum Gasteiger partial charge on any atom is 0.0639 e. The van der Waals surface area contributed by atoms with Gasteiger partial charge in [0.15, 0.2) is 0 Å². The molecule has 2 nitrogen and oxygen atoms in total. The predicted octanol–water partition coefficient (Wildman–Crippen LogP) is 2.74. The highest BCUT2D eigenvalue weighted by Gasteiger charge is 2.12. The number of aliphatic imine (C=N–C) groups is 1. The van der Waals surface area contributed by atoms with Crippen LogP contribution in [0.3, 0.4) is 0 Å². The highest BCUT2D eigenvalue weighted by molar-refractivity contribution is 5.85. The zero-order chi connectivity index (χ0) is 11.2. The number of nitrogens with zero attached hydrogens (tertiary/aromatic N) is 2. The van der Waals surface area contributed by atoms with E-state index < -0.39 is 0 Å². The number of benzene rings is 1. The lowest BCUT2D eigenvalue weighted by Crippen LogP contribution is -2.33. The summed E-state index contributed by atoms with van der Waals surface area (Å²) in [6, 6.07) is 10.5. The first-order chi connectivity index (χ1) is 7.88. The lowest BCUT2D eigenvalue weighted by molar-refractivity contribution is 0.289. The molecule has 1 fully saturated rings. The summed E-state index contributed by atoms with van der Waals surface area (Å²) >= 11 is 0. The molecule has 0 amide bonds. The highest BCUT2D eigenvalue weighted by Crippen LogP contribution is 2.09. The molecule has 1 heterocycles. The summed E-state index contributed by atoms with van der Waals surface area (Å²) in [5, 5.41) is 0. The molecular formula is C14H20N2. The van der Waals surface area contributed by atoms with Crippen molar-refractivity contribution in [2.75, 3.05) is 19.6 Å². The van der Waals surface area contributed by atoms with Gasteiger partial charge in [-0.15, -0.1) is 0 Å². The van der Waals surface area contributed by atoms with Crippen molar-refractivity contribution in [2.24, 2.45) is 4.99 Å². The second-order valence-corrected chi connectivity index (χ2v) is 4.30. The second kappa shape index (κ2) is 5.80. The summed E-state index contributed by atoms with van der Waals surface area (Å²) in [4.78, 5) is 7.20. The number of hydrogen-bond donors (Lipinski definition) is 0. The molecule has 0 radical (unpaired) electrons. The molecule has 0 spiro atoms. The predicted molar refractivity (Wildman–Crippen MR) is 68.9 cm³/mol. The van der Waals surface area contributed by atoms with Gasteiger partial charge >= 0.3 is 0 Å². The van der Waals surface area contributed by atoms with Gasteiger partial charge in [-0.25, -0.2) is 0 Å². The van der Waals surface area contributed by atoms with Crippen LogP contribution in [0.1, 0.15) is 25.3 Å². The normalized spacial score (nSPS) is 17.4. The number of likely N-dealkylation sites (tertiary alicyclic amines) is 1. The summed E-state index contributed by atoms with van der Waals surface area (Å²) in [6.07, 6.45) is 2.31. The van der Waals surface area contributed by atoms with E-state index in [2.05, 4.69) is 42.2 Å². The molecule has 1 aliphatic rings. The Bertz CT molecular complexity index is 333. The van der Waals surface area contributed by atoms with Gasteiger partial charge in [-0.2, -0.15) is 0 Å². The van der Waals surface area contributed by atoms with E-state index in [0.717, 1.165) is 19.4 Å². The van der Waals surface area contributed by atoms with E-state index in [0.29, 0.717) is 0 Å². The van der Waals surface area contributed by atoms with Crippen LogP contribution in [0.4, 0.5) is 0 Å². The van der Waals surface area contributed by atoms with E-state index in [1.54, 1.807) is 0 Å². The van der Waals surface area contributed by atoms with Crippen LogP contribution >= 0.6 is 0 Å². The van der Waals surface area contributed by atoms with E-state index in [-0.39, 0.29) is 0 Å². The maximum absolute atomic E-state index is 4.71. The topological polar surface area (TPSA) is 15.6 Å². The van der Waals surface area contributed by atoms with Crippen molar-refractivity contribution in [3.05, 3.63) is 35.9 Å². The Morgan fingerprint density at radius 3 is 2.44 bits per heavy atom. The van der Waals surface area contributed by atoms with E-state index in [1.165, 1.54) is 30.9 Å². The van der Waals surface area contributed by atoms with E-state index in [1.807, 2.05) is 0 Å². The second-order valence-electron chi connectivity index (χ2n) is 4.30. The van der Waals surface area contributed by atoms with E-state index in [4.69, 9.17) is 4.99 Å². The SMILES string of the molecule is CCN1CCC(=NCc2ccccc2)CC1. The van der Waals surface area contributed by atoms with Crippen LogP contribution in [0.2, 0.25) is 0 Å². The van der Waals surface area contributed by atoms with E-state index >= 15 is 0 Å². The number of piperidine rings is 1. The van der Waals surface area contributed by atoms with Crippen LogP contribution in [-0.2, 0) is 6.54 Å². The quantitative estimate of drug-likeness (QED) is 0.758. The van der Waals surface area contributed by atoms with Crippen LogP contribution in [0, 0.1) is 0 Å². The molecule has 0 aliphatic carbocycles. The Kier molecular flexibility index (Phi) is 4.11. The van der Waals surface area contributed by atoms with Gasteiger partial charge in [-0.05, 0) is 24.9 Å². The Morgan fingerprint density at radius 2 is 1.81 bits per heavy atom. The minimum Gasteiger partial charge on any atom is -0.303 e. The van der Waals surface area contributed by atoms with Gasteiger partial charge in [0.2, 0.25) is 0 Å². The maximum atomic E-state index is 4.71. The van der Waals surface area contributed by atoms with Crippen molar-refractivity contribution in [1.29, 1.82) is 0 Å². The zero-order valence-electron chi connectivity index (χ0n) is 10.0. The highest BCUT2D eigenvalue weighted by atomic mass is 15.1. The third-order valence-electron chi connectivity index (χ3n) is 3.21. The van der Waals surface area contributed by atoms with Crippen LogP contribution in [0.15, 0.2) is 35.3 Å². The first kappa shape index (κ1) is 11.3. The van der Waals surface area contributed by atoms with Crippen LogP contribution in [0.25, 0.3) is 0 Å². The molecule has 1 aliphatic heterocycles. The summed E-state index contributed by atoms with van der Waals surface area (Å²) < 4.78 is 0. The molecule has 1 saturated heterocycles. The van der Waals surface area contributed by atoms with Crippen LogP contribution in [-0.4, -0.2) is 30.2 Å². The van der Waals surface area contributed by atoms with E-state index in [9.17, 15) is 0 Å². The van der Waals surface area contributed by atoms with Crippen LogP contribution in [0.5, 0.6) is 0 Å². The first-order valence-electron chi connectivity index (χ1n) is 6.17. The minimum atomic E-state index is 0.850. The van der Waals surface area contributed by atoms with Gasteiger partial charge in [0.05, 0.1) is 6.54 Å². The molecule has 0 saturated carbocycles.